The van der Waals surface area contributed by atoms with Crippen LogP contribution in [0.4, 0.5) is 0 Å². The molecule has 10 heteroatoms. The minimum absolute atomic E-state index is 0. The number of hydrogen-bond donors (Lipinski definition) is 3. The molecular formula is C22H25ClN4O4S. The first-order valence-electron chi connectivity index (χ1n) is 9.54. The van der Waals surface area contributed by atoms with Crippen molar-refractivity contribution < 1.29 is 17.9 Å². The number of halogens is 1. The van der Waals surface area contributed by atoms with Gasteiger partial charge in [0.2, 0.25) is 10.0 Å². The average Bonchev–Trinajstić information content (AvgIpc) is 2.73. The lowest BCUT2D eigenvalue weighted by Crippen LogP contribution is -2.44. The van der Waals surface area contributed by atoms with Gasteiger partial charge in [0.25, 0.3) is 5.91 Å². The zero-order valence-electron chi connectivity index (χ0n) is 17.4. The number of nitrogens with two attached hydrogens (primary N) is 2. The number of hydrogen-bond acceptors (Lipinski definition) is 4. The van der Waals surface area contributed by atoms with Crippen LogP contribution in [-0.2, 0) is 26.2 Å². The topological polar surface area (TPSA) is 137 Å². The lowest BCUT2D eigenvalue weighted by atomic mass is 10.1. The molecule has 0 radical (unpaired) electrons. The Morgan fingerprint density at radius 2 is 1.62 bits per heavy atom. The molecule has 0 bridgehead atoms. The Balaban J connectivity index is 0.00000363. The largest absolute Gasteiger partial charge is 0.375 e. The van der Waals surface area contributed by atoms with E-state index in [1.165, 1.54) is 6.07 Å². The van der Waals surface area contributed by atoms with Crippen LogP contribution >= 0.6 is 12.4 Å². The Morgan fingerprint density at radius 1 is 1.00 bits per heavy atom. The maximum absolute atomic E-state index is 13.2. The van der Waals surface area contributed by atoms with E-state index in [0.717, 1.165) is 16.5 Å². The van der Waals surface area contributed by atoms with E-state index in [4.69, 9.17) is 16.2 Å². The molecule has 32 heavy (non-hydrogen) atoms. The first-order chi connectivity index (χ1) is 14.8. The van der Waals surface area contributed by atoms with Gasteiger partial charge in [0.15, 0.2) is 5.96 Å². The summed E-state index contributed by atoms with van der Waals surface area (Å²) >= 11 is 0. The summed E-state index contributed by atoms with van der Waals surface area (Å²) in [7, 11) is -4.08. The smallest absolute Gasteiger partial charge is 0.269 e. The van der Waals surface area contributed by atoms with Gasteiger partial charge in [0.1, 0.15) is 6.04 Å². The van der Waals surface area contributed by atoms with Crippen LogP contribution in [0.15, 0.2) is 76.6 Å². The predicted octanol–water partition coefficient (Wildman–Crippen LogP) is 2.23. The summed E-state index contributed by atoms with van der Waals surface area (Å²) in [6.07, 6.45) is 0. The Kier molecular flexibility index (Phi) is 8.73. The van der Waals surface area contributed by atoms with Gasteiger partial charge in [-0.2, -0.15) is 9.71 Å². The van der Waals surface area contributed by atoms with E-state index in [0.29, 0.717) is 5.39 Å². The summed E-state index contributed by atoms with van der Waals surface area (Å²) in [5, 5.41) is 1.35. The maximum Gasteiger partial charge on any atom is 0.269 e. The summed E-state index contributed by atoms with van der Waals surface area (Å²) in [6.45, 7) is 1.85. The van der Waals surface area contributed by atoms with Crippen LogP contribution in [0.5, 0.6) is 0 Å². The lowest BCUT2D eigenvalue weighted by molar-refractivity contribution is -0.120. The molecule has 1 atom stereocenters. The van der Waals surface area contributed by atoms with E-state index < -0.39 is 27.9 Å². The third-order valence-corrected chi connectivity index (χ3v) is 6.15. The highest BCUT2D eigenvalue weighted by atomic mass is 35.5. The number of carbonyl (C=O) groups excluding carboxylic acids is 1. The zero-order chi connectivity index (χ0) is 22.4. The fraction of sp³-hybridized carbons (Fsp3) is 0.182. The number of ether oxygens (including phenoxy) is 1. The number of nitrogens with one attached hydrogen (secondary N) is 1. The first kappa shape index (κ1) is 25.3. The molecular weight excluding hydrogens is 452 g/mol. The van der Waals surface area contributed by atoms with E-state index in [-0.39, 0.29) is 30.5 Å². The minimum Gasteiger partial charge on any atom is -0.375 e. The van der Waals surface area contributed by atoms with Gasteiger partial charge in [0.05, 0.1) is 18.1 Å². The molecule has 0 aliphatic carbocycles. The molecule has 0 saturated heterocycles. The average molecular weight is 477 g/mol. The van der Waals surface area contributed by atoms with Crippen LogP contribution in [0.25, 0.3) is 10.8 Å². The number of aliphatic imine (C=N–C) groups is 1. The van der Waals surface area contributed by atoms with Crippen molar-refractivity contribution in [1.82, 2.24) is 4.72 Å². The SMILES string of the molecule is Cc1ccc(S(=O)(=O)N[C@H](COCc2ccccc2)C(=O)N=C(N)N)c2ccccc12.Cl. The molecule has 0 fully saturated rings. The predicted molar refractivity (Wildman–Crippen MR) is 127 cm³/mol. The normalized spacial score (nSPS) is 12.0. The number of benzene rings is 3. The molecule has 0 spiro atoms. The summed E-state index contributed by atoms with van der Waals surface area (Å²) in [4.78, 5) is 16.0. The second-order valence-corrected chi connectivity index (χ2v) is 8.66. The van der Waals surface area contributed by atoms with Gasteiger partial charge in [-0.3, -0.25) is 4.79 Å². The van der Waals surface area contributed by atoms with Crippen molar-refractivity contribution in [2.45, 2.75) is 24.5 Å². The summed E-state index contributed by atoms with van der Waals surface area (Å²) < 4.78 is 34.3. The molecule has 0 heterocycles. The molecule has 0 aromatic heterocycles. The number of fused-ring (bicyclic) bond motifs is 1. The van der Waals surface area contributed by atoms with Crippen molar-refractivity contribution in [2.24, 2.45) is 16.5 Å². The molecule has 1 amide bonds. The van der Waals surface area contributed by atoms with Crippen molar-refractivity contribution in [3.8, 4) is 0 Å². The van der Waals surface area contributed by atoms with Crippen LogP contribution < -0.4 is 16.2 Å². The van der Waals surface area contributed by atoms with Gasteiger partial charge >= 0.3 is 0 Å². The van der Waals surface area contributed by atoms with Crippen LogP contribution in [0.3, 0.4) is 0 Å². The fourth-order valence-corrected chi connectivity index (χ4v) is 4.52. The molecule has 3 aromatic rings. The quantitative estimate of drug-likeness (QED) is 0.337. The van der Waals surface area contributed by atoms with Gasteiger partial charge in [-0.05, 0) is 29.5 Å². The van der Waals surface area contributed by atoms with Crippen LogP contribution in [0.1, 0.15) is 11.1 Å². The Labute approximate surface area is 193 Å². The number of aryl methyl sites for hydroxylation is 1. The Morgan fingerprint density at radius 3 is 2.28 bits per heavy atom. The fourth-order valence-electron chi connectivity index (χ4n) is 3.14. The van der Waals surface area contributed by atoms with Gasteiger partial charge in [-0.1, -0.05) is 60.7 Å². The number of amides is 1. The van der Waals surface area contributed by atoms with Gasteiger partial charge in [-0.25, -0.2) is 8.42 Å². The van der Waals surface area contributed by atoms with E-state index in [2.05, 4.69) is 9.71 Å². The molecule has 0 aliphatic rings. The molecule has 8 nitrogen and oxygen atoms in total. The maximum atomic E-state index is 13.2. The standard InChI is InChI=1S/C22H24N4O4S.ClH/c1-15-11-12-20(18-10-6-5-9-17(15)18)31(28,29)26-19(21(27)25-22(23)24)14-30-13-16-7-3-2-4-8-16;/h2-12,19,26H,13-14H2,1H3,(H4,23,24,25,27);1H/t19-;/m1./s1. The summed E-state index contributed by atoms with van der Waals surface area (Å²) in [5.41, 5.74) is 12.4. The Bertz CT molecular complexity index is 1210. The molecule has 0 unspecified atom stereocenters. The number of sulfonamides is 1. The number of nitrogens with zero attached hydrogens (tertiary/aromatic N) is 1. The lowest BCUT2D eigenvalue weighted by Gasteiger charge is -2.17. The molecule has 0 aliphatic heterocycles. The zero-order valence-corrected chi connectivity index (χ0v) is 19.0. The number of guanidine groups is 1. The number of carbonyl (C=O) groups is 1. The monoisotopic (exact) mass is 476 g/mol. The number of rotatable bonds is 8. The van der Waals surface area contributed by atoms with Crippen LogP contribution in [-0.4, -0.2) is 32.9 Å². The van der Waals surface area contributed by atoms with E-state index in [1.54, 1.807) is 18.2 Å². The van der Waals surface area contributed by atoms with Crippen molar-refractivity contribution in [1.29, 1.82) is 0 Å². The van der Waals surface area contributed by atoms with Crippen molar-refractivity contribution in [3.63, 3.8) is 0 Å². The first-order valence-corrected chi connectivity index (χ1v) is 11.0. The van der Waals surface area contributed by atoms with Crippen LogP contribution in [0.2, 0.25) is 0 Å². The highest BCUT2D eigenvalue weighted by molar-refractivity contribution is 7.89. The van der Waals surface area contributed by atoms with Gasteiger partial charge in [-0.15, -0.1) is 12.4 Å². The van der Waals surface area contributed by atoms with E-state index in [9.17, 15) is 13.2 Å². The molecule has 3 rings (SSSR count). The van der Waals surface area contributed by atoms with E-state index >= 15 is 0 Å². The summed E-state index contributed by atoms with van der Waals surface area (Å²) in [6, 6.07) is 18.4. The molecule has 0 saturated carbocycles. The van der Waals surface area contributed by atoms with E-state index in [1.807, 2.05) is 49.4 Å². The minimum atomic E-state index is -4.08. The third-order valence-electron chi connectivity index (χ3n) is 4.62. The van der Waals surface area contributed by atoms with Crippen molar-refractivity contribution >= 4 is 45.1 Å². The highest BCUT2D eigenvalue weighted by Crippen LogP contribution is 2.26. The molecule has 5 N–H and O–H groups in total. The summed E-state index contributed by atoms with van der Waals surface area (Å²) in [5.74, 6) is -1.30. The van der Waals surface area contributed by atoms with Crippen LogP contribution in [0, 0.1) is 6.92 Å². The highest BCUT2D eigenvalue weighted by Gasteiger charge is 2.27. The molecule has 3 aromatic carbocycles. The van der Waals surface area contributed by atoms with Crippen molar-refractivity contribution in [3.05, 3.63) is 77.9 Å². The second-order valence-electron chi connectivity index (χ2n) is 6.98. The Hall–Kier alpha value is -2.98. The van der Waals surface area contributed by atoms with Gasteiger partial charge < -0.3 is 16.2 Å². The third kappa shape index (κ3) is 6.27. The second kappa shape index (κ2) is 11.1. The molecule has 170 valence electrons. The van der Waals surface area contributed by atoms with Crippen molar-refractivity contribution in [2.75, 3.05) is 6.61 Å². The van der Waals surface area contributed by atoms with Gasteiger partial charge in [0, 0.05) is 5.39 Å².